The molecule has 4 rings (SSSR count). The molecule has 1 nitrogen and oxygen atoms in total. The number of hydrogen-bond acceptors (Lipinski definition) is 1. The highest BCUT2D eigenvalue weighted by atomic mass is 31.1. The van der Waals surface area contributed by atoms with Gasteiger partial charge in [0.25, 0.3) is 0 Å². The lowest BCUT2D eigenvalue weighted by atomic mass is 10.0. The van der Waals surface area contributed by atoms with E-state index < -0.39 is 0 Å². The fraction of sp³-hybridized carbons (Fsp3) is 0.0476. The molecule has 0 aromatic heterocycles. The fourth-order valence-electron chi connectivity index (χ4n) is 3.04. The molecule has 4 aromatic rings. The molecule has 4 aromatic carbocycles. The van der Waals surface area contributed by atoms with E-state index in [2.05, 4.69) is 78.9 Å². The Hall–Kier alpha value is -2.21. The van der Waals surface area contributed by atoms with Crippen molar-refractivity contribution in [3.63, 3.8) is 0 Å². The first-order valence-corrected chi connectivity index (χ1v) is 8.82. The molecule has 0 fully saturated rings. The highest BCUT2D eigenvalue weighted by Crippen LogP contribution is 2.25. The Morgan fingerprint density at radius 3 is 2.13 bits per heavy atom. The topological polar surface area (TPSA) is 26.0 Å². The Balaban J connectivity index is 1.88. The van der Waals surface area contributed by atoms with Crippen LogP contribution in [0.15, 0.2) is 78.9 Å². The van der Waals surface area contributed by atoms with Gasteiger partial charge in [0.15, 0.2) is 0 Å². The van der Waals surface area contributed by atoms with Crippen molar-refractivity contribution in [1.82, 2.24) is 0 Å². The van der Waals surface area contributed by atoms with Crippen molar-refractivity contribution in [3.8, 4) is 0 Å². The standard InChI is InChI=1S/C21H18NP/c22-14-18-8-3-4-10-20(18)23-21-11-5-9-17-12-15-6-1-2-7-16(15)13-19(17)21/h1-13,23H,14,22H2. The first kappa shape index (κ1) is 14.4. The van der Waals surface area contributed by atoms with Gasteiger partial charge in [0.2, 0.25) is 0 Å². The number of benzene rings is 4. The zero-order valence-corrected chi connectivity index (χ0v) is 13.8. The van der Waals surface area contributed by atoms with Crippen LogP contribution in [-0.2, 0) is 6.54 Å². The van der Waals surface area contributed by atoms with Crippen molar-refractivity contribution >= 4 is 40.7 Å². The van der Waals surface area contributed by atoms with Gasteiger partial charge in [-0.1, -0.05) is 75.3 Å². The molecule has 1 unspecified atom stereocenters. The molecule has 0 saturated carbocycles. The molecule has 0 amide bonds. The molecular formula is C21H18NP. The monoisotopic (exact) mass is 315 g/mol. The van der Waals surface area contributed by atoms with Gasteiger partial charge in [0.1, 0.15) is 0 Å². The van der Waals surface area contributed by atoms with Gasteiger partial charge < -0.3 is 5.73 Å². The van der Waals surface area contributed by atoms with Crippen LogP contribution in [0, 0.1) is 0 Å². The molecule has 23 heavy (non-hydrogen) atoms. The van der Waals surface area contributed by atoms with Gasteiger partial charge in [-0.15, -0.1) is 0 Å². The van der Waals surface area contributed by atoms with Crippen LogP contribution in [0.5, 0.6) is 0 Å². The van der Waals surface area contributed by atoms with E-state index in [4.69, 9.17) is 5.73 Å². The third kappa shape index (κ3) is 2.74. The molecule has 0 aliphatic carbocycles. The lowest BCUT2D eigenvalue weighted by Gasteiger charge is -2.11. The summed E-state index contributed by atoms with van der Waals surface area (Å²) in [7, 11) is 0.627. The normalized spacial score (nSPS) is 11.7. The Bertz CT molecular complexity index is 991. The summed E-state index contributed by atoms with van der Waals surface area (Å²) >= 11 is 0. The van der Waals surface area contributed by atoms with Crippen LogP contribution in [0.4, 0.5) is 0 Å². The van der Waals surface area contributed by atoms with E-state index in [1.807, 2.05) is 0 Å². The summed E-state index contributed by atoms with van der Waals surface area (Å²) < 4.78 is 0. The van der Waals surface area contributed by atoms with E-state index in [0.29, 0.717) is 15.1 Å². The lowest BCUT2D eigenvalue weighted by Crippen LogP contribution is -2.12. The first-order chi connectivity index (χ1) is 11.3. The Kier molecular flexibility index (Phi) is 3.83. The van der Waals surface area contributed by atoms with E-state index >= 15 is 0 Å². The predicted octanol–water partition coefficient (Wildman–Crippen LogP) is 4.08. The van der Waals surface area contributed by atoms with E-state index in [1.165, 1.54) is 37.7 Å². The van der Waals surface area contributed by atoms with Crippen LogP contribution in [0.3, 0.4) is 0 Å². The molecule has 1 atom stereocenters. The van der Waals surface area contributed by atoms with Gasteiger partial charge >= 0.3 is 0 Å². The lowest BCUT2D eigenvalue weighted by molar-refractivity contribution is 1.08. The third-order valence-electron chi connectivity index (χ3n) is 4.25. The number of hydrogen-bond donors (Lipinski definition) is 1. The van der Waals surface area contributed by atoms with Crippen LogP contribution in [-0.4, -0.2) is 0 Å². The van der Waals surface area contributed by atoms with Crippen LogP contribution < -0.4 is 16.3 Å². The molecule has 0 aliphatic rings. The van der Waals surface area contributed by atoms with Crippen molar-refractivity contribution in [2.75, 3.05) is 0 Å². The number of rotatable bonds is 3. The van der Waals surface area contributed by atoms with Crippen LogP contribution in [0.25, 0.3) is 21.5 Å². The summed E-state index contributed by atoms with van der Waals surface area (Å²) in [5.74, 6) is 0. The van der Waals surface area contributed by atoms with Crippen molar-refractivity contribution in [2.24, 2.45) is 5.73 Å². The molecule has 112 valence electrons. The van der Waals surface area contributed by atoms with Gasteiger partial charge in [0.05, 0.1) is 0 Å². The highest BCUT2D eigenvalue weighted by Gasteiger charge is 2.06. The van der Waals surface area contributed by atoms with Crippen LogP contribution in [0.1, 0.15) is 5.56 Å². The van der Waals surface area contributed by atoms with Crippen molar-refractivity contribution in [3.05, 3.63) is 84.4 Å². The summed E-state index contributed by atoms with van der Waals surface area (Å²) in [4.78, 5) is 0. The largest absolute Gasteiger partial charge is 0.326 e. The maximum absolute atomic E-state index is 5.90. The number of nitrogens with two attached hydrogens (primary N) is 1. The zero-order chi connectivity index (χ0) is 15.6. The summed E-state index contributed by atoms with van der Waals surface area (Å²) in [6.45, 7) is 0.594. The van der Waals surface area contributed by atoms with Gasteiger partial charge in [-0.05, 0) is 49.9 Å². The second-order valence-electron chi connectivity index (χ2n) is 5.71. The summed E-state index contributed by atoms with van der Waals surface area (Å²) in [5, 5.41) is 7.97. The third-order valence-corrected chi connectivity index (χ3v) is 5.72. The molecule has 2 N–H and O–H groups in total. The average molecular weight is 315 g/mol. The highest BCUT2D eigenvalue weighted by molar-refractivity contribution is 7.56. The van der Waals surface area contributed by atoms with E-state index in [1.54, 1.807) is 0 Å². The van der Waals surface area contributed by atoms with Gasteiger partial charge in [-0.25, -0.2) is 0 Å². The molecule has 0 heterocycles. The second-order valence-corrected chi connectivity index (χ2v) is 7.04. The van der Waals surface area contributed by atoms with Gasteiger partial charge in [-0.2, -0.15) is 0 Å². The minimum Gasteiger partial charge on any atom is -0.326 e. The van der Waals surface area contributed by atoms with Crippen molar-refractivity contribution < 1.29 is 0 Å². The predicted molar refractivity (Wildman–Crippen MR) is 103 cm³/mol. The zero-order valence-electron chi connectivity index (χ0n) is 12.8. The van der Waals surface area contributed by atoms with Crippen molar-refractivity contribution in [2.45, 2.75) is 6.54 Å². The molecule has 0 saturated heterocycles. The van der Waals surface area contributed by atoms with Crippen molar-refractivity contribution in [1.29, 1.82) is 0 Å². The van der Waals surface area contributed by atoms with E-state index in [9.17, 15) is 0 Å². The summed E-state index contributed by atoms with van der Waals surface area (Å²) in [5.41, 5.74) is 7.14. The summed E-state index contributed by atoms with van der Waals surface area (Å²) in [6, 6.07) is 28.2. The van der Waals surface area contributed by atoms with Gasteiger partial charge in [0, 0.05) is 6.54 Å². The van der Waals surface area contributed by atoms with Gasteiger partial charge in [-0.3, -0.25) is 0 Å². The molecule has 0 aliphatic heterocycles. The van der Waals surface area contributed by atoms with E-state index in [0.717, 1.165) is 0 Å². The van der Waals surface area contributed by atoms with E-state index in [-0.39, 0.29) is 0 Å². The minimum absolute atomic E-state index is 0.594. The molecule has 0 radical (unpaired) electrons. The molecule has 0 spiro atoms. The average Bonchev–Trinajstić information content (AvgIpc) is 2.61. The van der Waals surface area contributed by atoms with Crippen LogP contribution in [0.2, 0.25) is 0 Å². The Labute approximate surface area is 137 Å². The smallest absolute Gasteiger partial charge is 0.0184 e. The minimum atomic E-state index is 0.594. The van der Waals surface area contributed by atoms with Crippen LogP contribution >= 0.6 is 8.58 Å². The SMILES string of the molecule is NCc1ccccc1Pc1cccc2cc3ccccc3cc12. The maximum Gasteiger partial charge on any atom is 0.0184 e. The Morgan fingerprint density at radius 1 is 0.652 bits per heavy atom. The first-order valence-electron chi connectivity index (χ1n) is 7.82. The quantitative estimate of drug-likeness (QED) is 0.447. The summed E-state index contributed by atoms with van der Waals surface area (Å²) in [6.07, 6.45) is 0. The number of fused-ring (bicyclic) bond motifs is 2. The second kappa shape index (κ2) is 6.12. The fourth-order valence-corrected chi connectivity index (χ4v) is 4.39. The maximum atomic E-state index is 5.90. The molecular weight excluding hydrogens is 297 g/mol. The molecule has 0 bridgehead atoms. The Morgan fingerprint density at radius 2 is 1.30 bits per heavy atom. The molecule has 2 heteroatoms.